The van der Waals surface area contributed by atoms with Crippen LogP contribution in [-0.2, 0) is 11.8 Å². The van der Waals surface area contributed by atoms with Gasteiger partial charge in [-0.25, -0.2) is 0 Å². The highest BCUT2D eigenvalue weighted by Gasteiger charge is 2.16. The van der Waals surface area contributed by atoms with Crippen LogP contribution in [0.4, 0.5) is 0 Å². The molecule has 0 nitrogen and oxygen atoms in total. The Hall–Kier alpha value is -1.56. The summed E-state index contributed by atoms with van der Waals surface area (Å²) in [6.45, 7) is 23.5. The molecular formula is C25H38. The molecular weight excluding hydrogens is 300 g/mol. The van der Waals surface area contributed by atoms with Gasteiger partial charge in [0.25, 0.3) is 0 Å². The highest BCUT2D eigenvalue weighted by Crippen LogP contribution is 2.28. The Balaban J connectivity index is 2.61. The lowest BCUT2D eigenvalue weighted by atomic mass is 9.83. The average Bonchev–Trinajstić information content (AvgIpc) is 2.55. The fraction of sp³-hybridized carbons (Fsp3) is 0.520. The van der Waals surface area contributed by atoms with Gasteiger partial charge in [0.05, 0.1) is 0 Å². The lowest BCUT2D eigenvalue weighted by molar-refractivity contribution is 0.587. The summed E-state index contributed by atoms with van der Waals surface area (Å²) < 4.78 is 0. The lowest BCUT2D eigenvalue weighted by Gasteiger charge is -2.22. The van der Waals surface area contributed by atoms with Crippen molar-refractivity contribution in [3.8, 4) is 0 Å². The van der Waals surface area contributed by atoms with Crippen LogP contribution in [0.1, 0.15) is 89.3 Å². The molecule has 1 aromatic rings. The molecule has 0 saturated carbocycles. The Kier molecular flexibility index (Phi) is 8.42. The predicted octanol–water partition coefficient (Wildman–Crippen LogP) is 7.90. The predicted molar refractivity (Wildman–Crippen MR) is 114 cm³/mol. The second kappa shape index (κ2) is 9.80. The van der Waals surface area contributed by atoms with Crippen molar-refractivity contribution >= 4 is 0 Å². The summed E-state index contributed by atoms with van der Waals surface area (Å²) in [5, 5.41) is 0. The van der Waals surface area contributed by atoms with Crippen molar-refractivity contribution in [1.82, 2.24) is 0 Å². The van der Waals surface area contributed by atoms with Crippen LogP contribution >= 0.6 is 0 Å². The number of rotatable bonds is 10. The van der Waals surface area contributed by atoms with Crippen LogP contribution in [-0.4, -0.2) is 0 Å². The zero-order valence-corrected chi connectivity index (χ0v) is 17.3. The summed E-state index contributed by atoms with van der Waals surface area (Å²) in [6.07, 6.45) is 8.62. The molecule has 0 aliphatic carbocycles. The molecule has 0 saturated heterocycles. The number of hydrogen-bond acceptors (Lipinski definition) is 0. The molecule has 0 aliphatic heterocycles. The van der Waals surface area contributed by atoms with E-state index in [2.05, 4.69) is 72.6 Å². The standard InChI is InChI=1S/C25H38/c1-9-20(4)12-10-11-13-21(5)14-15-22-16-23(19(2)3)18-24(17-22)25(6,7)8/h9,16-19H,1,4-5,10-15H2,2-3,6-8H3. The summed E-state index contributed by atoms with van der Waals surface area (Å²) in [4.78, 5) is 0. The first-order valence-electron chi connectivity index (χ1n) is 9.74. The van der Waals surface area contributed by atoms with Crippen molar-refractivity contribution in [3.05, 3.63) is 71.8 Å². The van der Waals surface area contributed by atoms with E-state index in [9.17, 15) is 0 Å². The number of hydrogen-bond donors (Lipinski definition) is 0. The van der Waals surface area contributed by atoms with Crippen LogP contribution in [0.15, 0.2) is 55.2 Å². The van der Waals surface area contributed by atoms with E-state index in [4.69, 9.17) is 0 Å². The summed E-state index contributed by atoms with van der Waals surface area (Å²) in [7, 11) is 0. The number of allylic oxidation sites excluding steroid dienone is 3. The van der Waals surface area contributed by atoms with Crippen LogP contribution in [0.5, 0.6) is 0 Å². The minimum atomic E-state index is 0.199. The Morgan fingerprint density at radius 2 is 1.64 bits per heavy atom. The average molecular weight is 339 g/mol. The van der Waals surface area contributed by atoms with Crippen molar-refractivity contribution in [3.63, 3.8) is 0 Å². The molecule has 0 fully saturated rings. The third-order valence-corrected chi connectivity index (χ3v) is 4.88. The summed E-state index contributed by atoms with van der Waals surface area (Å²) in [5.74, 6) is 0.571. The quantitative estimate of drug-likeness (QED) is 0.231. The highest BCUT2D eigenvalue weighted by molar-refractivity contribution is 5.36. The third kappa shape index (κ3) is 7.90. The van der Waals surface area contributed by atoms with Gasteiger partial charge in [-0.3, -0.25) is 0 Å². The zero-order chi connectivity index (χ0) is 19.0. The molecule has 0 atom stereocenters. The Labute approximate surface area is 156 Å². The maximum atomic E-state index is 4.29. The van der Waals surface area contributed by atoms with Crippen molar-refractivity contribution in [1.29, 1.82) is 0 Å². The van der Waals surface area contributed by atoms with Gasteiger partial charge < -0.3 is 0 Å². The number of aryl methyl sites for hydroxylation is 1. The van der Waals surface area contributed by atoms with Crippen LogP contribution in [0.25, 0.3) is 0 Å². The van der Waals surface area contributed by atoms with Crippen LogP contribution < -0.4 is 0 Å². The van der Waals surface area contributed by atoms with Gasteiger partial charge in [-0.2, -0.15) is 0 Å². The molecule has 0 heterocycles. The Morgan fingerprint density at radius 3 is 2.20 bits per heavy atom. The van der Waals surface area contributed by atoms with Crippen LogP contribution in [0.3, 0.4) is 0 Å². The molecule has 0 N–H and O–H groups in total. The van der Waals surface area contributed by atoms with E-state index in [-0.39, 0.29) is 5.41 Å². The smallest absolute Gasteiger partial charge is 0.0132 e. The second-order valence-corrected chi connectivity index (χ2v) is 8.69. The molecule has 25 heavy (non-hydrogen) atoms. The normalized spacial score (nSPS) is 11.6. The van der Waals surface area contributed by atoms with E-state index in [1.807, 2.05) is 6.08 Å². The van der Waals surface area contributed by atoms with E-state index in [0.717, 1.165) is 31.3 Å². The maximum absolute atomic E-state index is 4.29. The number of unbranched alkanes of at least 4 members (excludes halogenated alkanes) is 1. The topological polar surface area (TPSA) is 0 Å². The first-order valence-corrected chi connectivity index (χ1v) is 9.74. The third-order valence-electron chi connectivity index (χ3n) is 4.88. The fourth-order valence-corrected chi connectivity index (χ4v) is 2.90. The van der Waals surface area contributed by atoms with Gasteiger partial charge >= 0.3 is 0 Å². The van der Waals surface area contributed by atoms with E-state index in [1.165, 1.54) is 35.1 Å². The molecule has 0 heteroatoms. The molecule has 0 aromatic heterocycles. The molecule has 1 rings (SSSR count). The summed E-state index contributed by atoms with van der Waals surface area (Å²) in [5.41, 5.74) is 7.07. The second-order valence-electron chi connectivity index (χ2n) is 8.69. The highest BCUT2D eigenvalue weighted by atomic mass is 14.2. The molecule has 0 radical (unpaired) electrons. The van der Waals surface area contributed by atoms with Crippen molar-refractivity contribution in [2.45, 2.75) is 84.5 Å². The summed E-state index contributed by atoms with van der Waals surface area (Å²) >= 11 is 0. The fourth-order valence-electron chi connectivity index (χ4n) is 2.90. The van der Waals surface area contributed by atoms with Gasteiger partial charge in [-0.15, -0.1) is 0 Å². The number of benzene rings is 1. The first kappa shape index (κ1) is 21.5. The summed E-state index contributed by atoms with van der Waals surface area (Å²) in [6, 6.07) is 7.17. The van der Waals surface area contributed by atoms with Gasteiger partial charge in [0.2, 0.25) is 0 Å². The largest absolute Gasteiger partial charge is 0.0999 e. The van der Waals surface area contributed by atoms with Gasteiger partial charge in [-0.05, 0) is 66.5 Å². The van der Waals surface area contributed by atoms with E-state index in [1.54, 1.807) is 0 Å². The molecule has 0 bridgehead atoms. The van der Waals surface area contributed by atoms with Gasteiger partial charge in [0, 0.05) is 0 Å². The monoisotopic (exact) mass is 338 g/mol. The van der Waals surface area contributed by atoms with Crippen molar-refractivity contribution in [2.24, 2.45) is 0 Å². The molecule has 0 spiro atoms. The zero-order valence-electron chi connectivity index (χ0n) is 17.3. The van der Waals surface area contributed by atoms with Gasteiger partial charge in [0.15, 0.2) is 0 Å². The van der Waals surface area contributed by atoms with Crippen molar-refractivity contribution in [2.75, 3.05) is 0 Å². The minimum Gasteiger partial charge on any atom is -0.0999 e. The lowest BCUT2D eigenvalue weighted by Crippen LogP contribution is -2.12. The van der Waals surface area contributed by atoms with Gasteiger partial charge in [-0.1, -0.05) is 89.8 Å². The SMILES string of the molecule is C=CC(=C)CCCCC(=C)CCc1cc(C(C)C)cc(C(C)(C)C)c1. The molecule has 0 amide bonds. The maximum Gasteiger partial charge on any atom is -0.0132 e. The van der Waals surface area contributed by atoms with Crippen LogP contribution in [0.2, 0.25) is 0 Å². The minimum absolute atomic E-state index is 0.199. The van der Waals surface area contributed by atoms with E-state index in [0.29, 0.717) is 5.92 Å². The Bertz CT molecular complexity index is 593. The molecule has 1 aromatic carbocycles. The van der Waals surface area contributed by atoms with Crippen molar-refractivity contribution < 1.29 is 0 Å². The Morgan fingerprint density at radius 1 is 1.00 bits per heavy atom. The van der Waals surface area contributed by atoms with Crippen LogP contribution in [0, 0.1) is 0 Å². The van der Waals surface area contributed by atoms with E-state index < -0.39 is 0 Å². The molecule has 138 valence electrons. The molecule has 0 unspecified atom stereocenters. The van der Waals surface area contributed by atoms with Gasteiger partial charge in [0.1, 0.15) is 0 Å². The first-order chi connectivity index (χ1) is 11.6. The van der Waals surface area contributed by atoms with E-state index >= 15 is 0 Å². The molecule has 0 aliphatic rings.